The van der Waals surface area contributed by atoms with Gasteiger partial charge in [-0.2, -0.15) is 0 Å². The lowest BCUT2D eigenvalue weighted by Gasteiger charge is -2.14. The monoisotopic (exact) mass is 534 g/mol. The molecule has 0 saturated carbocycles. The number of halogens is 3. The number of nitrogens with zero attached hydrogens (tertiary/aromatic N) is 2. The molecule has 0 spiro atoms. The highest BCUT2D eigenvalue weighted by molar-refractivity contribution is 14.0. The molecular formula is C20H25Cl2IN4O. The van der Waals surface area contributed by atoms with Gasteiger partial charge in [-0.15, -0.1) is 24.0 Å². The highest BCUT2D eigenvalue weighted by atomic mass is 127. The van der Waals surface area contributed by atoms with E-state index in [9.17, 15) is 4.79 Å². The van der Waals surface area contributed by atoms with Crippen LogP contribution in [0.5, 0.6) is 0 Å². The van der Waals surface area contributed by atoms with Crippen molar-refractivity contribution in [1.82, 2.24) is 15.5 Å². The largest absolute Gasteiger partial charge is 0.356 e. The second-order valence-electron chi connectivity index (χ2n) is 6.20. The van der Waals surface area contributed by atoms with Gasteiger partial charge in [-0.05, 0) is 41.8 Å². The van der Waals surface area contributed by atoms with Gasteiger partial charge < -0.3 is 15.5 Å². The summed E-state index contributed by atoms with van der Waals surface area (Å²) in [6.45, 7) is 1.25. The molecule has 152 valence electrons. The molecule has 0 heterocycles. The van der Waals surface area contributed by atoms with E-state index in [4.69, 9.17) is 23.2 Å². The van der Waals surface area contributed by atoms with E-state index in [0.29, 0.717) is 41.1 Å². The third-order valence-corrected chi connectivity index (χ3v) is 4.73. The first-order chi connectivity index (χ1) is 12.9. The Morgan fingerprint density at radius 1 is 1.04 bits per heavy atom. The zero-order valence-corrected chi connectivity index (χ0v) is 20.0. The molecular weight excluding hydrogens is 510 g/mol. The summed E-state index contributed by atoms with van der Waals surface area (Å²) in [5.41, 5.74) is 2.65. The maximum absolute atomic E-state index is 11.9. The first-order valence-corrected chi connectivity index (χ1v) is 9.36. The third-order valence-electron chi connectivity index (χ3n) is 4.02. The molecule has 2 aromatic rings. The number of hydrogen-bond donors (Lipinski definition) is 2. The van der Waals surface area contributed by atoms with Gasteiger partial charge in [-0.3, -0.25) is 9.79 Å². The standard InChI is InChI=1S/C20H24Cl2N4O.HI/c1-23-20(24-12-11-16-17(21)5-4-6-18(16)22)25-13-14-7-9-15(10-8-14)19(27)26(2)3;/h4-10H,11-13H2,1-3H3,(H2,23,24,25);1H. The molecule has 2 rings (SSSR count). The Labute approximate surface area is 193 Å². The molecule has 0 aliphatic rings. The minimum Gasteiger partial charge on any atom is -0.356 e. The van der Waals surface area contributed by atoms with Gasteiger partial charge in [-0.25, -0.2) is 0 Å². The SMILES string of the molecule is CN=C(NCCc1c(Cl)cccc1Cl)NCc1ccc(C(=O)N(C)C)cc1.I. The van der Waals surface area contributed by atoms with Crippen molar-refractivity contribution in [2.45, 2.75) is 13.0 Å². The van der Waals surface area contributed by atoms with E-state index in [2.05, 4.69) is 15.6 Å². The molecule has 0 aromatic heterocycles. The summed E-state index contributed by atoms with van der Waals surface area (Å²) < 4.78 is 0. The fourth-order valence-electron chi connectivity index (χ4n) is 2.51. The average molecular weight is 535 g/mol. The topological polar surface area (TPSA) is 56.7 Å². The molecule has 0 aliphatic heterocycles. The molecule has 2 aromatic carbocycles. The molecule has 8 heteroatoms. The second kappa shape index (κ2) is 12.1. The van der Waals surface area contributed by atoms with Crippen LogP contribution in [0.1, 0.15) is 21.5 Å². The molecule has 5 nitrogen and oxygen atoms in total. The quantitative estimate of drug-likeness (QED) is 0.331. The van der Waals surface area contributed by atoms with E-state index in [1.807, 2.05) is 42.5 Å². The van der Waals surface area contributed by atoms with Gasteiger partial charge in [0.2, 0.25) is 0 Å². The zero-order valence-electron chi connectivity index (χ0n) is 16.1. The minimum atomic E-state index is -0.00906. The first-order valence-electron chi connectivity index (χ1n) is 8.60. The number of guanidine groups is 1. The molecule has 0 unspecified atom stereocenters. The number of benzene rings is 2. The number of hydrogen-bond acceptors (Lipinski definition) is 2. The van der Waals surface area contributed by atoms with Gasteiger partial charge in [-0.1, -0.05) is 41.4 Å². The normalized spacial score (nSPS) is 10.8. The molecule has 0 radical (unpaired) electrons. The predicted octanol–water partition coefficient (Wildman–Crippen LogP) is 4.22. The minimum absolute atomic E-state index is 0. The molecule has 0 fully saturated rings. The van der Waals surface area contributed by atoms with Gasteiger partial charge in [0.1, 0.15) is 0 Å². The fourth-order valence-corrected chi connectivity index (χ4v) is 3.09. The smallest absolute Gasteiger partial charge is 0.253 e. The molecule has 0 aliphatic carbocycles. The van der Waals surface area contributed by atoms with Crippen molar-refractivity contribution in [2.75, 3.05) is 27.7 Å². The molecule has 0 saturated heterocycles. The Hall–Kier alpha value is -1.51. The Morgan fingerprint density at radius 3 is 2.18 bits per heavy atom. The van der Waals surface area contributed by atoms with Crippen LogP contribution in [0.2, 0.25) is 10.0 Å². The van der Waals surface area contributed by atoms with Crippen molar-refractivity contribution >= 4 is 59.0 Å². The lowest BCUT2D eigenvalue weighted by atomic mass is 10.1. The molecule has 28 heavy (non-hydrogen) atoms. The van der Waals surface area contributed by atoms with Gasteiger partial charge in [0, 0.05) is 49.8 Å². The van der Waals surface area contributed by atoms with E-state index in [1.165, 1.54) is 0 Å². The molecule has 0 bridgehead atoms. The van der Waals surface area contributed by atoms with Crippen molar-refractivity contribution in [3.8, 4) is 0 Å². The number of carbonyl (C=O) groups excluding carboxylic acids is 1. The van der Waals surface area contributed by atoms with E-state index in [0.717, 1.165) is 11.1 Å². The van der Waals surface area contributed by atoms with Crippen LogP contribution in [0.25, 0.3) is 0 Å². The van der Waals surface area contributed by atoms with E-state index >= 15 is 0 Å². The van der Waals surface area contributed by atoms with Gasteiger partial charge in [0.25, 0.3) is 5.91 Å². The van der Waals surface area contributed by atoms with E-state index < -0.39 is 0 Å². The van der Waals surface area contributed by atoms with Crippen LogP contribution in [0.4, 0.5) is 0 Å². The first kappa shape index (κ1) is 24.5. The molecule has 0 atom stereocenters. The molecule has 2 N–H and O–H groups in total. The van der Waals surface area contributed by atoms with Crippen LogP contribution < -0.4 is 10.6 Å². The summed E-state index contributed by atoms with van der Waals surface area (Å²) in [7, 11) is 5.20. The Balaban J connectivity index is 0.00000392. The van der Waals surface area contributed by atoms with Crippen molar-refractivity contribution in [3.05, 3.63) is 69.2 Å². The van der Waals surface area contributed by atoms with Gasteiger partial charge >= 0.3 is 0 Å². The summed E-state index contributed by atoms with van der Waals surface area (Å²) in [5, 5.41) is 7.83. The Kier molecular flexibility index (Phi) is 10.6. The van der Waals surface area contributed by atoms with E-state index in [-0.39, 0.29) is 29.9 Å². The van der Waals surface area contributed by atoms with Crippen LogP contribution in [0, 0.1) is 0 Å². The predicted molar refractivity (Wildman–Crippen MR) is 128 cm³/mol. The molecule has 1 amide bonds. The van der Waals surface area contributed by atoms with Gasteiger partial charge in [0.05, 0.1) is 0 Å². The summed E-state index contributed by atoms with van der Waals surface area (Å²) in [4.78, 5) is 17.7. The van der Waals surface area contributed by atoms with Crippen molar-refractivity contribution in [1.29, 1.82) is 0 Å². The zero-order chi connectivity index (χ0) is 19.8. The summed E-state index contributed by atoms with van der Waals surface area (Å²) >= 11 is 12.4. The lowest BCUT2D eigenvalue weighted by Crippen LogP contribution is -2.37. The summed E-state index contributed by atoms with van der Waals surface area (Å²) in [6, 6.07) is 13.0. The van der Waals surface area contributed by atoms with Crippen molar-refractivity contribution in [3.63, 3.8) is 0 Å². The highest BCUT2D eigenvalue weighted by Gasteiger charge is 2.08. The number of nitrogens with one attached hydrogen (secondary N) is 2. The van der Waals surface area contributed by atoms with Crippen LogP contribution >= 0.6 is 47.2 Å². The summed E-state index contributed by atoms with van der Waals surface area (Å²) in [6.07, 6.45) is 0.695. The van der Waals surface area contributed by atoms with Crippen molar-refractivity contribution < 1.29 is 4.79 Å². The van der Waals surface area contributed by atoms with Crippen LogP contribution in [-0.2, 0) is 13.0 Å². The maximum atomic E-state index is 11.9. The Morgan fingerprint density at radius 2 is 1.64 bits per heavy atom. The average Bonchev–Trinajstić information content (AvgIpc) is 2.66. The van der Waals surface area contributed by atoms with E-state index in [1.54, 1.807) is 26.0 Å². The number of aliphatic imine (C=N–C) groups is 1. The van der Waals surface area contributed by atoms with Crippen LogP contribution in [-0.4, -0.2) is 44.5 Å². The highest BCUT2D eigenvalue weighted by Crippen LogP contribution is 2.24. The second-order valence-corrected chi connectivity index (χ2v) is 7.01. The number of amides is 1. The Bertz CT molecular complexity index is 790. The van der Waals surface area contributed by atoms with Crippen molar-refractivity contribution in [2.24, 2.45) is 4.99 Å². The number of rotatable bonds is 6. The van der Waals surface area contributed by atoms with Crippen LogP contribution in [0.15, 0.2) is 47.5 Å². The number of carbonyl (C=O) groups is 1. The third kappa shape index (κ3) is 7.14. The summed E-state index contributed by atoms with van der Waals surface area (Å²) in [5.74, 6) is 0.678. The fraction of sp³-hybridized carbons (Fsp3) is 0.300. The van der Waals surface area contributed by atoms with Crippen LogP contribution in [0.3, 0.4) is 0 Å². The maximum Gasteiger partial charge on any atom is 0.253 e. The van der Waals surface area contributed by atoms with Gasteiger partial charge in [0.15, 0.2) is 5.96 Å². The lowest BCUT2D eigenvalue weighted by molar-refractivity contribution is 0.0827.